The van der Waals surface area contributed by atoms with Crippen LogP contribution < -0.4 is 5.73 Å². The summed E-state index contributed by atoms with van der Waals surface area (Å²) in [5.74, 6) is -0.309. The van der Waals surface area contributed by atoms with Crippen molar-refractivity contribution < 1.29 is 4.39 Å². The zero-order valence-electron chi connectivity index (χ0n) is 20.4. The van der Waals surface area contributed by atoms with E-state index >= 15 is 0 Å². The molecule has 6 rings (SSSR count). The van der Waals surface area contributed by atoms with Crippen LogP contribution in [0.2, 0.25) is 0 Å². The van der Waals surface area contributed by atoms with Gasteiger partial charge < -0.3 is 15.6 Å². The van der Waals surface area contributed by atoms with E-state index in [-0.39, 0.29) is 11.9 Å². The summed E-state index contributed by atoms with van der Waals surface area (Å²) in [5.41, 5.74) is 13.6. The fourth-order valence-corrected chi connectivity index (χ4v) is 4.71. The maximum Gasteiger partial charge on any atom is 0.124 e. The molecule has 0 aliphatic rings. The zero-order valence-corrected chi connectivity index (χ0v) is 20.4. The van der Waals surface area contributed by atoms with Crippen molar-refractivity contribution in [1.29, 1.82) is 0 Å². The summed E-state index contributed by atoms with van der Waals surface area (Å²) in [6, 6.07) is 14.7. The van der Waals surface area contributed by atoms with E-state index in [1.54, 1.807) is 30.9 Å². The lowest BCUT2D eigenvalue weighted by Gasteiger charge is -2.18. The summed E-state index contributed by atoms with van der Waals surface area (Å²) in [6.07, 6.45) is 6.70. The van der Waals surface area contributed by atoms with Crippen LogP contribution in [0.4, 0.5) is 4.39 Å². The Morgan fingerprint density at radius 3 is 2.65 bits per heavy atom. The molecular formula is C28H25FN8. The van der Waals surface area contributed by atoms with Crippen molar-refractivity contribution in [3.8, 4) is 33.9 Å². The van der Waals surface area contributed by atoms with Gasteiger partial charge in [-0.2, -0.15) is 5.10 Å². The van der Waals surface area contributed by atoms with Crippen LogP contribution in [0.1, 0.15) is 11.6 Å². The van der Waals surface area contributed by atoms with Gasteiger partial charge in [0.2, 0.25) is 0 Å². The normalized spacial score (nSPS) is 12.6. The molecule has 0 bridgehead atoms. The largest absolute Gasteiger partial charge is 0.353 e. The van der Waals surface area contributed by atoms with Crippen LogP contribution in [0, 0.1) is 5.82 Å². The number of likely N-dealkylation sites (N-methyl/N-ethyl adjacent to an activating group) is 1. The minimum Gasteiger partial charge on any atom is -0.353 e. The van der Waals surface area contributed by atoms with E-state index in [1.807, 2.05) is 55.4 Å². The maximum atomic E-state index is 14.7. The summed E-state index contributed by atoms with van der Waals surface area (Å²) >= 11 is 0. The maximum absolute atomic E-state index is 14.7. The van der Waals surface area contributed by atoms with Gasteiger partial charge in [0, 0.05) is 41.3 Å². The van der Waals surface area contributed by atoms with E-state index in [0.717, 1.165) is 49.9 Å². The van der Waals surface area contributed by atoms with Gasteiger partial charge in [-0.05, 0) is 67.2 Å². The van der Waals surface area contributed by atoms with E-state index in [1.165, 1.54) is 6.07 Å². The first-order chi connectivity index (χ1) is 18.0. The summed E-state index contributed by atoms with van der Waals surface area (Å²) in [7, 11) is 3.90. The molecule has 2 aromatic carbocycles. The van der Waals surface area contributed by atoms with Gasteiger partial charge >= 0.3 is 0 Å². The predicted octanol–water partition coefficient (Wildman–Crippen LogP) is 4.93. The van der Waals surface area contributed by atoms with E-state index < -0.39 is 0 Å². The molecule has 4 N–H and O–H groups in total. The highest BCUT2D eigenvalue weighted by Crippen LogP contribution is 2.35. The standard InChI is InChI=1S/C28H25FN8/c1-37(2)15-22(30)17-8-16(9-18(29)10-17)19-4-3-5-23-20(19)11-25(34-23)28-21-12-24(27-13-31-6-7-32-27)33-14-26(21)35-36-28/h3-14,22,34H,15,30H2,1-2H3,(H,35,36). The van der Waals surface area contributed by atoms with Crippen LogP contribution in [-0.2, 0) is 0 Å². The molecule has 184 valence electrons. The number of nitrogens with two attached hydrogens (primary N) is 1. The predicted molar refractivity (Wildman–Crippen MR) is 143 cm³/mol. The number of aromatic nitrogens is 6. The second-order valence-corrected chi connectivity index (χ2v) is 9.37. The van der Waals surface area contributed by atoms with Crippen molar-refractivity contribution >= 4 is 21.8 Å². The molecule has 4 heterocycles. The number of nitrogens with zero attached hydrogens (tertiary/aromatic N) is 5. The van der Waals surface area contributed by atoms with Gasteiger partial charge in [-0.1, -0.05) is 12.1 Å². The molecule has 0 radical (unpaired) electrons. The lowest BCUT2D eigenvalue weighted by molar-refractivity contribution is 0.376. The van der Waals surface area contributed by atoms with Crippen molar-refractivity contribution in [3.63, 3.8) is 0 Å². The van der Waals surface area contributed by atoms with Gasteiger partial charge in [-0.15, -0.1) is 0 Å². The van der Waals surface area contributed by atoms with Crippen LogP contribution in [0.5, 0.6) is 0 Å². The Balaban J connectivity index is 1.45. The second-order valence-electron chi connectivity index (χ2n) is 9.37. The van der Waals surface area contributed by atoms with Crippen LogP contribution in [0.3, 0.4) is 0 Å². The molecule has 0 fully saturated rings. The number of pyridine rings is 1. The number of hydrogen-bond donors (Lipinski definition) is 3. The van der Waals surface area contributed by atoms with Gasteiger partial charge in [-0.3, -0.25) is 20.1 Å². The van der Waals surface area contributed by atoms with E-state index in [9.17, 15) is 4.39 Å². The fourth-order valence-electron chi connectivity index (χ4n) is 4.71. The Kier molecular flexibility index (Phi) is 5.71. The van der Waals surface area contributed by atoms with Crippen LogP contribution >= 0.6 is 0 Å². The molecular weight excluding hydrogens is 467 g/mol. The van der Waals surface area contributed by atoms with Crippen LogP contribution in [-0.4, -0.2) is 55.7 Å². The Morgan fingerprint density at radius 2 is 1.84 bits per heavy atom. The molecule has 0 amide bonds. The second kappa shape index (κ2) is 9.20. The Labute approximate surface area is 212 Å². The molecule has 37 heavy (non-hydrogen) atoms. The Morgan fingerprint density at radius 1 is 0.946 bits per heavy atom. The first kappa shape index (κ1) is 23.0. The lowest BCUT2D eigenvalue weighted by Crippen LogP contribution is -2.26. The third-order valence-corrected chi connectivity index (χ3v) is 6.41. The molecule has 1 atom stereocenters. The molecule has 0 saturated heterocycles. The van der Waals surface area contributed by atoms with Crippen LogP contribution in [0.25, 0.3) is 55.7 Å². The van der Waals surface area contributed by atoms with Gasteiger partial charge in [0.15, 0.2) is 0 Å². The average Bonchev–Trinajstić information content (AvgIpc) is 3.52. The van der Waals surface area contributed by atoms with Crippen molar-refractivity contribution in [1.82, 2.24) is 35.0 Å². The van der Waals surface area contributed by atoms with Crippen molar-refractivity contribution in [2.45, 2.75) is 6.04 Å². The summed E-state index contributed by atoms with van der Waals surface area (Å²) in [5, 5.41) is 9.50. The Hall–Kier alpha value is -4.47. The number of H-pyrrole nitrogens is 2. The molecule has 0 aliphatic carbocycles. The number of aromatic amines is 2. The zero-order chi connectivity index (χ0) is 25.5. The highest BCUT2D eigenvalue weighted by atomic mass is 19.1. The van der Waals surface area contributed by atoms with Gasteiger partial charge in [0.05, 0.1) is 29.3 Å². The monoisotopic (exact) mass is 492 g/mol. The summed E-state index contributed by atoms with van der Waals surface area (Å²) < 4.78 is 14.7. The van der Waals surface area contributed by atoms with Crippen molar-refractivity contribution in [2.24, 2.45) is 5.73 Å². The lowest BCUT2D eigenvalue weighted by atomic mass is 9.97. The first-order valence-corrected chi connectivity index (χ1v) is 11.9. The van der Waals surface area contributed by atoms with Gasteiger partial charge in [0.25, 0.3) is 0 Å². The first-order valence-electron chi connectivity index (χ1n) is 11.9. The van der Waals surface area contributed by atoms with E-state index in [2.05, 4.69) is 30.1 Å². The minimum absolute atomic E-state index is 0.294. The molecule has 8 nitrogen and oxygen atoms in total. The number of hydrogen-bond acceptors (Lipinski definition) is 6. The van der Waals surface area contributed by atoms with E-state index in [0.29, 0.717) is 17.9 Å². The highest BCUT2D eigenvalue weighted by Gasteiger charge is 2.17. The number of benzene rings is 2. The smallest absolute Gasteiger partial charge is 0.124 e. The third kappa shape index (κ3) is 4.35. The van der Waals surface area contributed by atoms with E-state index in [4.69, 9.17) is 5.73 Å². The minimum atomic E-state index is -0.309. The highest BCUT2D eigenvalue weighted by molar-refractivity contribution is 6.01. The van der Waals surface area contributed by atoms with Gasteiger partial charge in [0.1, 0.15) is 17.2 Å². The SMILES string of the molecule is CN(C)CC(N)c1cc(F)cc(-c2cccc3[nH]c(-c4n[nH]c5cnc(-c6cnccn6)cc45)cc23)c1. The third-order valence-electron chi connectivity index (χ3n) is 6.41. The molecule has 0 spiro atoms. The Bertz CT molecular complexity index is 1720. The molecule has 4 aromatic heterocycles. The number of halogens is 1. The average molecular weight is 493 g/mol. The molecule has 1 unspecified atom stereocenters. The summed E-state index contributed by atoms with van der Waals surface area (Å²) in [4.78, 5) is 18.5. The number of rotatable bonds is 6. The molecule has 9 heteroatoms. The van der Waals surface area contributed by atoms with Crippen molar-refractivity contribution in [3.05, 3.63) is 84.7 Å². The van der Waals surface area contributed by atoms with Crippen molar-refractivity contribution in [2.75, 3.05) is 20.6 Å². The molecule has 6 aromatic rings. The quantitative estimate of drug-likeness (QED) is 0.304. The fraction of sp³-hybridized carbons (Fsp3) is 0.143. The molecule has 0 aliphatic heterocycles. The molecule has 0 saturated carbocycles. The number of fused-ring (bicyclic) bond motifs is 2. The number of nitrogens with one attached hydrogen (secondary N) is 2. The van der Waals surface area contributed by atoms with Gasteiger partial charge in [-0.25, -0.2) is 4.39 Å². The van der Waals surface area contributed by atoms with Crippen LogP contribution in [0.15, 0.2) is 73.3 Å². The summed E-state index contributed by atoms with van der Waals surface area (Å²) in [6.45, 7) is 0.624. The topological polar surface area (TPSA) is 112 Å².